The third-order valence-electron chi connectivity index (χ3n) is 3.97. The van der Waals surface area contributed by atoms with E-state index in [-0.39, 0.29) is 24.3 Å². The van der Waals surface area contributed by atoms with Crippen LogP contribution in [0.4, 0.5) is 17.1 Å². The Balaban J connectivity index is 1.98. The van der Waals surface area contributed by atoms with Gasteiger partial charge >= 0.3 is 0 Å². The molecule has 0 atom stereocenters. The number of nitrogens with zero attached hydrogens (tertiary/aromatic N) is 1. The number of anilines is 3. The van der Waals surface area contributed by atoms with Gasteiger partial charge in [0.2, 0.25) is 11.8 Å². The van der Waals surface area contributed by atoms with Gasteiger partial charge in [-0.25, -0.2) is 0 Å². The maximum absolute atomic E-state index is 12.3. The zero-order chi connectivity index (χ0) is 21.4. The first kappa shape index (κ1) is 22.2. The summed E-state index contributed by atoms with van der Waals surface area (Å²) in [6, 6.07) is 11.8. The number of nitrogens with one attached hydrogen (secondary N) is 3. The van der Waals surface area contributed by atoms with Crippen molar-refractivity contribution >= 4 is 46.4 Å². The predicted octanol–water partition coefficient (Wildman–Crippen LogP) is 3.83. The van der Waals surface area contributed by atoms with Crippen molar-refractivity contribution in [1.82, 2.24) is 4.90 Å². The zero-order valence-corrected chi connectivity index (χ0v) is 17.5. The summed E-state index contributed by atoms with van der Waals surface area (Å²) in [6.07, 6.45) is 1.17. The summed E-state index contributed by atoms with van der Waals surface area (Å²) in [6.45, 7) is 1.91. The van der Waals surface area contributed by atoms with Crippen LogP contribution in [0.25, 0.3) is 0 Å². The van der Waals surface area contributed by atoms with Gasteiger partial charge in [-0.3, -0.25) is 14.4 Å². The predicted molar refractivity (Wildman–Crippen MR) is 117 cm³/mol. The lowest BCUT2D eigenvalue weighted by Gasteiger charge is -2.13. The summed E-state index contributed by atoms with van der Waals surface area (Å²) in [4.78, 5) is 37.6. The number of benzene rings is 2. The molecule has 0 unspecified atom stereocenters. The Morgan fingerprint density at radius 3 is 2.41 bits per heavy atom. The van der Waals surface area contributed by atoms with E-state index in [0.717, 1.165) is 6.42 Å². The van der Waals surface area contributed by atoms with Crippen LogP contribution in [0.15, 0.2) is 42.5 Å². The highest BCUT2D eigenvalue weighted by Crippen LogP contribution is 2.25. The van der Waals surface area contributed by atoms with Crippen LogP contribution in [-0.4, -0.2) is 43.3 Å². The first-order valence-corrected chi connectivity index (χ1v) is 9.62. The van der Waals surface area contributed by atoms with E-state index in [2.05, 4.69) is 16.0 Å². The number of hydrogen-bond acceptors (Lipinski definition) is 4. The van der Waals surface area contributed by atoms with Gasteiger partial charge in [-0.15, -0.1) is 0 Å². The van der Waals surface area contributed by atoms with Crippen molar-refractivity contribution in [3.05, 3.63) is 53.1 Å². The van der Waals surface area contributed by atoms with Gasteiger partial charge in [-0.05, 0) is 42.8 Å². The molecular weight excluding hydrogens is 392 g/mol. The lowest BCUT2D eigenvalue weighted by atomic mass is 10.2. The van der Waals surface area contributed by atoms with Gasteiger partial charge in [0.15, 0.2) is 0 Å². The van der Waals surface area contributed by atoms with Crippen molar-refractivity contribution in [1.29, 1.82) is 0 Å². The molecule has 3 amide bonds. The van der Waals surface area contributed by atoms with Crippen LogP contribution in [0.2, 0.25) is 5.02 Å². The molecule has 2 aromatic carbocycles. The summed E-state index contributed by atoms with van der Waals surface area (Å²) in [7, 11) is 3.36. The average molecular weight is 417 g/mol. The largest absolute Gasteiger partial charge is 0.376 e. The number of halogens is 1. The van der Waals surface area contributed by atoms with Crippen molar-refractivity contribution in [2.24, 2.45) is 0 Å². The minimum absolute atomic E-state index is 0.0115. The molecule has 0 saturated heterocycles. The highest BCUT2D eigenvalue weighted by molar-refractivity contribution is 6.33. The van der Waals surface area contributed by atoms with E-state index >= 15 is 0 Å². The van der Waals surface area contributed by atoms with E-state index in [1.165, 1.54) is 4.90 Å². The van der Waals surface area contributed by atoms with Crippen LogP contribution in [0.1, 0.15) is 30.1 Å². The molecule has 2 aromatic rings. The van der Waals surface area contributed by atoms with Crippen molar-refractivity contribution in [2.45, 2.75) is 19.8 Å². The molecule has 8 heteroatoms. The van der Waals surface area contributed by atoms with Gasteiger partial charge in [-0.2, -0.15) is 0 Å². The topological polar surface area (TPSA) is 90.5 Å². The zero-order valence-electron chi connectivity index (χ0n) is 16.7. The molecule has 154 valence electrons. The number of hydrogen-bond donors (Lipinski definition) is 3. The molecule has 0 radical (unpaired) electrons. The summed E-state index contributed by atoms with van der Waals surface area (Å²) >= 11 is 6.15. The van der Waals surface area contributed by atoms with E-state index in [9.17, 15) is 14.4 Å². The minimum Gasteiger partial charge on any atom is -0.376 e. The molecule has 0 saturated carbocycles. The van der Waals surface area contributed by atoms with Crippen LogP contribution in [0.5, 0.6) is 0 Å². The Kier molecular flexibility index (Phi) is 8.03. The normalized spacial score (nSPS) is 10.2. The maximum atomic E-state index is 12.3. The highest BCUT2D eigenvalue weighted by Gasteiger charge is 2.11. The van der Waals surface area contributed by atoms with Gasteiger partial charge in [0, 0.05) is 37.5 Å². The Bertz CT molecular complexity index is 899. The van der Waals surface area contributed by atoms with E-state index < -0.39 is 0 Å². The fraction of sp³-hybridized carbons (Fsp3) is 0.286. The molecule has 0 aliphatic rings. The lowest BCUT2D eigenvalue weighted by molar-refractivity contribution is -0.116. The minimum atomic E-state index is -0.312. The molecule has 3 N–H and O–H groups in total. The first-order chi connectivity index (χ1) is 13.8. The van der Waals surface area contributed by atoms with Crippen LogP contribution < -0.4 is 16.0 Å². The SMILES string of the molecule is CCCC(=O)Nc1ccc(Cl)c(NC(=O)CNc2cccc(C(=O)N(C)C)c2)c1. The van der Waals surface area contributed by atoms with E-state index in [1.807, 2.05) is 6.92 Å². The molecule has 2 rings (SSSR count). The Hall–Kier alpha value is -3.06. The van der Waals surface area contributed by atoms with Crippen molar-refractivity contribution in [2.75, 3.05) is 36.6 Å². The van der Waals surface area contributed by atoms with Crippen LogP contribution >= 0.6 is 11.6 Å². The van der Waals surface area contributed by atoms with Gasteiger partial charge < -0.3 is 20.9 Å². The molecule has 0 bridgehead atoms. The van der Waals surface area contributed by atoms with Gasteiger partial charge in [0.1, 0.15) is 0 Å². The summed E-state index contributed by atoms with van der Waals surface area (Å²) in [5, 5.41) is 8.84. The number of carbonyl (C=O) groups is 3. The quantitative estimate of drug-likeness (QED) is 0.610. The van der Waals surface area contributed by atoms with Crippen LogP contribution in [-0.2, 0) is 9.59 Å². The van der Waals surface area contributed by atoms with Crippen LogP contribution in [0.3, 0.4) is 0 Å². The molecule has 0 heterocycles. The standard InChI is InChI=1S/C21H25ClN4O3/c1-4-6-19(27)24-16-9-10-17(22)18(12-16)25-20(28)13-23-15-8-5-7-14(11-15)21(29)26(2)3/h5,7-12,23H,4,6,13H2,1-3H3,(H,24,27)(H,25,28). The Labute approximate surface area is 175 Å². The second kappa shape index (κ2) is 10.5. The molecular formula is C21H25ClN4O3. The number of carbonyl (C=O) groups excluding carboxylic acids is 3. The summed E-state index contributed by atoms with van der Waals surface area (Å²) < 4.78 is 0. The van der Waals surface area contributed by atoms with E-state index in [4.69, 9.17) is 11.6 Å². The fourth-order valence-corrected chi connectivity index (χ4v) is 2.71. The van der Waals surface area contributed by atoms with Gasteiger partial charge in [-0.1, -0.05) is 24.6 Å². The Morgan fingerprint density at radius 2 is 1.72 bits per heavy atom. The third kappa shape index (κ3) is 6.80. The molecule has 29 heavy (non-hydrogen) atoms. The second-order valence-corrected chi connectivity index (χ2v) is 7.08. The van der Waals surface area contributed by atoms with Gasteiger partial charge in [0.05, 0.1) is 17.3 Å². The van der Waals surface area contributed by atoms with Crippen molar-refractivity contribution in [3.63, 3.8) is 0 Å². The summed E-state index contributed by atoms with van der Waals surface area (Å²) in [5.41, 5.74) is 2.15. The smallest absolute Gasteiger partial charge is 0.253 e. The van der Waals surface area contributed by atoms with Crippen LogP contribution in [0, 0.1) is 0 Å². The number of amides is 3. The van der Waals surface area contributed by atoms with E-state index in [1.54, 1.807) is 56.6 Å². The summed E-state index contributed by atoms with van der Waals surface area (Å²) in [5.74, 6) is -0.527. The van der Waals surface area contributed by atoms with Gasteiger partial charge in [0.25, 0.3) is 5.91 Å². The molecule has 7 nitrogen and oxygen atoms in total. The molecule has 0 aromatic heterocycles. The average Bonchev–Trinajstić information content (AvgIpc) is 2.68. The molecule has 0 aliphatic heterocycles. The Morgan fingerprint density at radius 1 is 0.966 bits per heavy atom. The number of rotatable bonds is 8. The monoisotopic (exact) mass is 416 g/mol. The highest BCUT2D eigenvalue weighted by atomic mass is 35.5. The molecule has 0 fully saturated rings. The first-order valence-electron chi connectivity index (χ1n) is 9.25. The maximum Gasteiger partial charge on any atom is 0.253 e. The third-order valence-corrected chi connectivity index (χ3v) is 4.30. The lowest BCUT2D eigenvalue weighted by Crippen LogP contribution is -2.23. The van der Waals surface area contributed by atoms with Crippen molar-refractivity contribution in [3.8, 4) is 0 Å². The van der Waals surface area contributed by atoms with Crippen molar-refractivity contribution < 1.29 is 14.4 Å². The fourth-order valence-electron chi connectivity index (χ4n) is 2.55. The molecule has 0 spiro atoms. The second-order valence-electron chi connectivity index (χ2n) is 6.67. The van der Waals surface area contributed by atoms with E-state index in [0.29, 0.717) is 34.1 Å². The molecule has 0 aliphatic carbocycles.